The van der Waals surface area contributed by atoms with Gasteiger partial charge in [0.2, 0.25) is 0 Å². The lowest BCUT2D eigenvalue weighted by Gasteiger charge is -2.47. The average molecular weight is 412 g/mol. The largest absolute Gasteiger partial charge is 0.497 e. The Kier molecular flexibility index (Phi) is 6.62. The number of likely N-dealkylation sites (tertiary alicyclic amines) is 1. The smallest absolute Gasteiger partial charge is 0.407 e. The number of methoxy groups -OCH3 is 1. The maximum atomic E-state index is 13.1. The maximum absolute atomic E-state index is 13.1. The fourth-order valence-corrected chi connectivity index (χ4v) is 4.09. The van der Waals surface area contributed by atoms with E-state index in [4.69, 9.17) is 9.47 Å². The molecular weight excluding hydrogens is 384 g/mol. The van der Waals surface area contributed by atoms with E-state index in [0.717, 1.165) is 5.56 Å². The highest BCUT2D eigenvalue weighted by molar-refractivity contribution is 5.89. The van der Waals surface area contributed by atoms with Gasteiger partial charge in [0, 0.05) is 32.0 Å². The van der Waals surface area contributed by atoms with E-state index in [1.807, 2.05) is 49.3 Å². The molecule has 0 bridgehead atoms. The number of nitrogens with zero attached hydrogens (tertiary/aromatic N) is 2. The summed E-state index contributed by atoms with van der Waals surface area (Å²) < 4.78 is 11.7. The van der Waals surface area contributed by atoms with E-state index in [1.165, 1.54) is 4.90 Å². The van der Waals surface area contributed by atoms with Gasteiger partial charge in [0.25, 0.3) is 0 Å². The molecule has 1 aliphatic rings. The summed E-state index contributed by atoms with van der Waals surface area (Å²) in [6.45, 7) is 1.11. The molecule has 0 unspecified atom stereocenters. The molecule has 2 aromatic carbocycles. The molecule has 160 valence electrons. The molecule has 2 aromatic rings. The van der Waals surface area contributed by atoms with Crippen LogP contribution in [0.3, 0.4) is 0 Å². The molecule has 0 spiro atoms. The van der Waals surface area contributed by atoms with Crippen molar-refractivity contribution in [2.75, 3.05) is 40.8 Å². The Morgan fingerprint density at radius 1 is 1.17 bits per heavy atom. The highest BCUT2D eigenvalue weighted by Crippen LogP contribution is 2.43. The third-order valence-electron chi connectivity index (χ3n) is 5.55. The zero-order valence-corrected chi connectivity index (χ0v) is 17.6. The van der Waals surface area contributed by atoms with E-state index in [1.54, 1.807) is 31.4 Å². The first-order valence-electron chi connectivity index (χ1n) is 9.91. The van der Waals surface area contributed by atoms with E-state index < -0.39 is 17.7 Å². The van der Waals surface area contributed by atoms with Crippen molar-refractivity contribution in [1.29, 1.82) is 0 Å². The van der Waals surface area contributed by atoms with Crippen LogP contribution in [-0.4, -0.2) is 67.8 Å². The molecule has 1 heterocycles. The summed E-state index contributed by atoms with van der Waals surface area (Å²) in [6, 6.07) is 16.3. The number of hydrogen-bond acceptors (Lipinski definition) is 5. The second-order valence-corrected chi connectivity index (χ2v) is 7.81. The summed E-state index contributed by atoms with van der Waals surface area (Å²) in [6.07, 6.45) is -0.601. The minimum absolute atomic E-state index is 0.253. The SMILES string of the molecule is COc1cccc([C@@]2(OC(=O)c3ccccc3)CCN(C(=O)O)C[C@@H]2CN(C)C)c1. The molecule has 1 fully saturated rings. The summed E-state index contributed by atoms with van der Waals surface area (Å²) in [5.41, 5.74) is 0.296. The Hall–Kier alpha value is -3.06. The van der Waals surface area contributed by atoms with Crippen LogP contribution >= 0.6 is 0 Å². The van der Waals surface area contributed by atoms with Gasteiger partial charge in [0.05, 0.1) is 12.7 Å². The maximum Gasteiger partial charge on any atom is 0.407 e. The van der Waals surface area contributed by atoms with E-state index in [2.05, 4.69) is 0 Å². The van der Waals surface area contributed by atoms with Crippen molar-refractivity contribution in [3.8, 4) is 5.75 Å². The number of amides is 1. The number of carbonyl (C=O) groups is 2. The topological polar surface area (TPSA) is 79.3 Å². The highest BCUT2D eigenvalue weighted by atomic mass is 16.6. The van der Waals surface area contributed by atoms with Crippen molar-refractivity contribution in [2.45, 2.75) is 12.0 Å². The molecule has 7 nitrogen and oxygen atoms in total. The van der Waals surface area contributed by atoms with Gasteiger partial charge in [-0.15, -0.1) is 0 Å². The number of carbonyl (C=O) groups excluding carboxylic acids is 1. The zero-order chi connectivity index (χ0) is 21.7. The molecule has 0 aromatic heterocycles. The van der Waals surface area contributed by atoms with Crippen LogP contribution in [-0.2, 0) is 10.3 Å². The summed E-state index contributed by atoms with van der Waals surface area (Å²) in [4.78, 5) is 28.1. The lowest BCUT2D eigenvalue weighted by molar-refractivity contribution is -0.0945. The quantitative estimate of drug-likeness (QED) is 0.734. The molecule has 2 atom stereocenters. The molecule has 0 aliphatic carbocycles. The monoisotopic (exact) mass is 412 g/mol. The van der Waals surface area contributed by atoms with Gasteiger partial charge in [-0.1, -0.05) is 30.3 Å². The Bertz CT molecular complexity index is 886. The average Bonchev–Trinajstić information content (AvgIpc) is 2.75. The number of hydrogen-bond donors (Lipinski definition) is 1. The summed E-state index contributed by atoms with van der Waals surface area (Å²) in [5, 5.41) is 9.56. The van der Waals surface area contributed by atoms with E-state index in [-0.39, 0.29) is 19.0 Å². The first-order chi connectivity index (χ1) is 14.4. The predicted molar refractivity (Wildman–Crippen MR) is 113 cm³/mol. The van der Waals surface area contributed by atoms with Crippen LogP contribution in [0.2, 0.25) is 0 Å². The molecule has 3 rings (SSSR count). The Labute approximate surface area is 176 Å². The number of ether oxygens (including phenoxy) is 2. The van der Waals surface area contributed by atoms with Crippen LogP contribution in [0.4, 0.5) is 4.79 Å². The van der Waals surface area contributed by atoms with Crippen molar-refractivity contribution in [3.63, 3.8) is 0 Å². The molecule has 0 saturated carbocycles. The van der Waals surface area contributed by atoms with Gasteiger partial charge in [0.15, 0.2) is 0 Å². The number of piperidine rings is 1. The van der Waals surface area contributed by atoms with Crippen molar-refractivity contribution < 1.29 is 24.2 Å². The molecule has 1 amide bonds. The summed E-state index contributed by atoms with van der Waals surface area (Å²) >= 11 is 0. The van der Waals surface area contributed by atoms with Crippen LogP contribution in [0.1, 0.15) is 22.3 Å². The molecule has 7 heteroatoms. The van der Waals surface area contributed by atoms with Gasteiger partial charge < -0.3 is 24.4 Å². The highest BCUT2D eigenvalue weighted by Gasteiger charge is 2.49. The number of rotatable bonds is 6. The molecule has 1 aliphatic heterocycles. The number of esters is 1. The second kappa shape index (κ2) is 9.17. The van der Waals surface area contributed by atoms with Crippen molar-refractivity contribution in [2.24, 2.45) is 5.92 Å². The number of benzene rings is 2. The van der Waals surface area contributed by atoms with Gasteiger partial charge in [-0.2, -0.15) is 0 Å². The van der Waals surface area contributed by atoms with Gasteiger partial charge in [-0.3, -0.25) is 0 Å². The Morgan fingerprint density at radius 3 is 2.53 bits per heavy atom. The molecule has 1 saturated heterocycles. The van der Waals surface area contributed by atoms with Crippen molar-refractivity contribution in [1.82, 2.24) is 9.80 Å². The first-order valence-corrected chi connectivity index (χ1v) is 9.91. The molecule has 1 N–H and O–H groups in total. The minimum atomic E-state index is -0.975. The summed E-state index contributed by atoms with van der Waals surface area (Å²) in [7, 11) is 5.44. The van der Waals surface area contributed by atoms with Crippen LogP contribution < -0.4 is 4.74 Å². The molecule has 30 heavy (non-hydrogen) atoms. The van der Waals surface area contributed by atoms with Crippen LogP contribution in [0, 0.1) is 5.92 Å². The minimum Gasteiger partial charge on any atom is -0.497 e. The lowest BCUT2D eigenvalue weighted by Crippen LogP contribution is -2.56. The fourth-order valence-electron chi connectivity index (χ4n) is 4.09. The van der Waals surface area contributed by atoms with Crippen molar-refractivity contribution in [3.05, 3.63) is 65.7 Å². The summed E-state index contributed by atoms with van der Waals surface area (Å²) in [5.74, 6) is -0.0185. The van der Waals surface area contributed by atoms with Gasteiger partial charge in [-0.05, 0) is 43.9 Å². The van der Waals surface area contributed by atoms with Crippen molar-refractivity contribution >= 4 is 12.1 Å². The van der Waals surface area contributed by atoms with Gasteiger partial charge in [0.1, 0.15) is 11.4 Å². The van der Waals surface area contributed by atoms with Gasteiger partial charge in [-0.25, -0.2) is 9.59 Å². The van der Waals surface area contributed by atoms with Gasteiger partial charge >= 0.3 is 12.1 Å². The lowest BCUT2D eigenvalue weighted by atomic mass is 9.75. The van der Waals surface area contributed by atoms with Crippen LogP contribution in [0.5, 0.6) is 5.75 Å². The third kappa shape index (κ3) is 4.57. The standard InChI is InChI=1S/C23H28N2O5/c1-24(2)15-19-16-25(22(27)28)13-12-23(19,18-10-7-11-20(14-18)29-3)30-21(26)17-8-5-4-6-9-17/h4-11,14,19H,12-13,15-16H2,1-3H3,(H,27,28)/t19-,23-/m0/s1. The van der Waals surface area contributed by atoms with E-state index in [0.29, 0.717) is 24.3 Å². The van der Waals surface area contributed by atoms with Crippen LogP contribution in [0.25, 0.3) is 0 Å². The first kappa shape index (κ1) is 21.6. The molecule has 0 radical (unpaired) electrons. The molecular formula is C23H28N2O5. The zero-order valence-electron chi connectivity index (χ0n) is 17.6. The number of carboxylic acid groups (broad SMARTS) is 1. The fraction of sp³-hybridized carbons (Fsp3) is 0.391. The van der Waals surface area contributed by atoms with E-state index in [9.17, 15) is 14.7 Å². The Morgan fingerprint density at radius 2 is 1.90 bits per heavy atom. The van der Waals surface area contributed by atoms with Crippen LogP contribution in [0.15, 0.2) is 54.6 Å². The van der Waals surface area contributed by atoms with E-state index >= 15 is 0 Å². The normalized spacial score (nSPS) is 21.3. The predicted octanol–water partition coefficient (Wildman–Crippen LogP) is 3.31. The third-order valence-corrected chi connectivity index (χ3v) is 5.55. The Balaban J connectivity index is 2.07. The second-order valence-electron chi connectivity index (χ2n) is 7.81.